The van der Waals surface area contributed by atoms with Gasteiger partial charge in [-0.15, -0.1) is 0 Å². The molecule has 0 aliphatic carbocycles. The zero-order chi connectivity index (χ0) is 22.5. The van der Waals surface area contributed by atoms with E-state index >= 15 is 0 Å². The van der Waals surface area contributed by atoms with Crippen molar-refractivity contribution in [3.05, 3.63) is 59.2 Å². The quantitative estimate of drug-likeness (QED) is 0.621. The lowest BCUT2D eigenvalue weighted by Gasteiger charge is -2.30. The maximum absolute atomic E-state index is 12.9. The minimum atomic E-state index is -0.477. The fraction of sp³-hybridized carbons (Fsp3) is 0.375. The lowest BCUT2D eigenvalue weighted by atomic mass is 10.0. The van der Waals surface area contributed by atoms with E-state index in [4.69, 9.17) is 9.47 Å². The fourth-order valence-electron chi connectivity index (χ4n) is 3.78. The van der Waals surface area contributed by atoms with Gasteiger partial charge in [0.05, 0.1) is 12.1 Å². The molecule has 2 aliphatic heterocycles. The Kier molecular flexibility index (Phi) is 6.99. The Balaban J connectivity index is 1.28. The van der Waals surface area contributed by atoms with Crippen molar-refractivity contribution in [3.63, 3.8) is 0 Å². The summed E-state index contributed by atoms with van der Waals surface area (Å²) in [5.74, 6) is 1.36. The van der Waals surface area contributed by atoms with E-state index in [1.54, 1.807) is 4.90 Å². The van der Waals surface area contributed by atoms with Crippen LogP contribution in [-0.4, -0.2) is 47.1 Å². The zero-order valence-corrected chi connectivity index (χ0v) is 18.8. The van der Waals surface area contributed by atoms with E-state index in [9.17, 15) is 14.4 Å². The number of para-hydroxylation sites is 1. The van der Waals surface area contributed by atoms with Gasteiger partial charge in [0.1, 0.15) is 24.1 Å². The summed E-state index contributed by atoms with van der Waals surface area (Å²) in [6.07, 6.45) is 3.52. The average molecular weight is 455 g/mol. The molecule has 0 radical (unpaired) electrons. The molecule has 0 spiro atoms. The molecule has 2 heterocycles. The van der Waals surface area contributed by atoms with Gasteiger partial charge in [0, 0.05) is 18.2 Å². The average Bonchev–Trinajstić information content (AvgIpc) is 3.11. The summed E-state index contributed by atoms with van der Waals surface area (Å²) in [6.45, 7) is 3.12. The summed E-state index contributed by atoms with van der Waals surface area (Å²) in [5.41, 5.74) is 2.64. The minimum Gasteiger partial charge on any atom is -0.492 e. The number of hydrogen-bond donors (Lipinski definition) is 1. The summed E-state index contributed by atoms with van der Waals surface area (Å²) < 4.78 is 11.7. The van der Waals surface area contributed by atoms with Crippen molar-refractivity contribution in [1.82, 2.24) is 10.2 Å². The predicted octanol–water partition coefficient (Wildman–Crippen LogP) is 3.79. The topological polar surface area (TPSA) is 84.9 Å². The van der Waals surface area contributed by atoms with E-state index in [0.29, 0.717) is 36.6 Å². The fourth-order valence-corrected chi connectivity index (χ4v) is 4.45. The molecule has 2 aromatic carbocycles. The number of hydrogen-bond acceptors (Lipinski definition) is 6. The van der Waals surface area contributed by atoms with E-state index in [-0.39, 0.29) is 23.0 Å². The van der Waals surface area contributed by atoms with E-state index < -0.39 is 6.04 Å². The van der Waals surface area contributed by atoms with E-state index in [1.165, 1.54) is 0 Å². The molecule has 8 heteroatoms. The van der Waals surface area contributed by atoms with Crippen LogP contribution in [0.2, 0.25) is 0 Å². The third-order valence-electron chi connectivity index (χ3n) is 5.54. The number of carbonyl (C=O) groups is 3. The summed E-state index contributed by atoms with van der Waals surface area (Å²) in [6, 6.07) is 12.7. The van der Waals surface area contributed by atoms with E-state index in [1.807, 2.05) is 42.5 Å². The molecule has 0 saturated carbocycles. The molecule has 1 fully saturated rings. The third-order valence-corrected chi connectivity index (χ3v) is 6.33. The first-order chi connectivity index (χ1) is 15.5. The molecule has 32 heavy (non-hydrogen) atoms. The molecule has 2 aromatic rings. The summed E-state index contributed by atoms with van der Waals surface area (Å²) in [4.78, 5) is 37.5. The van der Waals surface area contributed by atoms with Crippen LogP contribution < -0.4 is 14.8 Å². The largest absolute Gasteiger partial charge is 0.492 e. The van der Waals surface area contributed by atoms with Gasteiger partial charge in [-0.05, 0) is 42.2 Å². The summed E-state index contributed by atoms with van der Waals surface area (Å²) in [5, 5.41) is 2.21. The number of ether oxygens (including phenoxy) is 2. The van der Waals surface area contributed by atoms with Gasteiger partial charge in [0.25, 0.3) is 11.1 Å². The van der Waals surface area contributed by atoms with Crippen LogP contribution in [0.4, 0.5) is 4.79 Å². The maximum Gasteiger partial charge on any atom is 0.287 e. The Morgan fingerprint density at radius 1 is 1.16 bits per heavy atom. The Morgan fingerprint density at radius 3 is 2.69 bits per heavy atom. The Hall–Kier alpha value is -3.00. The first-order valence-electron chi connectivity index (χ1n) is 10.8. The highest BCUT2D eigenvalue weighted by atomic mass is 32.2. The van der Waals surface area contributed by atoms with Crippen LogP contribution in [0.3, 0.4) is 0 Å². The number of nitrogens with one attached hydrogen (secondary N) is 1. The highest BCUT2D eigenvalue weighted by molar-refractivity contribution is 8.26. The molecule has 1 saturated heterocycles. The minimum absolute atomic E-state index is 0.0373. The van der Waals surface area contributed by atoms with Gasteiger partial charge in [-0.3, -0.25) is 14.4 Å². The van der Waals surface area contributed by atoms with Crippen molar-refractivity contribution in [3.8, 4) is 11.5 Å². The lowest BCUT2D eigenvalue weighted by Crippen LogP contribution is -2.41. The highest BCUT2D eigenvalue weighted by Crippen LogP contribution is 2.30. The molecule has 2 aliphatic rings. The number of nitrogens with zero attached hydrogens (tertiary/aromatic N) is 1. The molecular formula is C24H26N2O5S. The summed E-state index contributed by atoms with van der Waals surface area (Å²) >= 11 is 0.719. The van der Waals surface area contributed by atoms with E-state index in [0.717, 1.165) is 42.2 Å². The molecule has 2 amide bonds. The first kappa shape index (κ1) is 22.2. The van der Waals surface area contributed by atoms with Crippen molar-refractivity contribution < 1.29 is 23.9 Å². The molecule has 7 nitrogen and oxygen atoms in total. The second-order valence-electron chi connectivity index (χ2n) is 7.84. The van der Waals surface area contributed by atoms with Crippen LogP contribution >= 0.6 is 11.8 Å². The molecule has 0 aromatic heterocycles. The normalized spacial score (nSPS) is 17.7. The van der Waals surface area contributed by atoms with Crippen molar-refractivity contribution in [2.45, 2.75) is 38.6 Å². The van der Waals surface area contributed by atoms with Gasteiger partial charge in [-0.25, -0.2) is 0 Å². The van der Waals surface area contributed by atoms with Gasteiger partial charge in [-0.1, -0.05) is 37.6 Å². The van der Waals surface area contributed by atoms with Crippen LogP contribution in [0.25, 0.3) is 0 Å². The molecule has 0 bridgehead atoms. The van der Waals surface area contributed by atoms with Gasteiger partial charge >= 0.3 is 0 Å². The van der Waals surface area contributed by atoms with Crippen molar-refractivity contribution in [2.24, 2.45) is 0 Å². The third kappa shape index (κ3) is 5.07. The Labute approximate surface area is 191 Å². The van der Waals surface area contributed by atoms with Crippen LogP contribution in [0.15, 0.2) is 42.5 Å². The Bertz CT molecular complexity index is 1010. The number of fused-ring (bicyclic) bond motifs is 1. The van der Waals surface area contributed by atoms with Crippen LogP contribution in [-0.2, 0) is 17.6 Å². The van der Waals surface area contributed by atoms with Crippen molar-refractivity contribution in [1.29, 1.82) is 0 Å². The summed E-state index contributed by atoms with van der Waals surface area (Å²) in [7, 11) is 0. The second kappa shape index (κ2) is 10.1. The smallest absolute Gasteiger partial charge is 0.287 e. The predicted molar refractivity (Wildman–Crippen MR) is 122 cm³/mol. The molecular weight excluding hydrogens is 428 g/mol. The first-order valence-corrected chi connectivity index (χ1v) is 11.6. The second-order valence-corrected chi connectivity index (χ2v) is 8.82. The zero-order valence-electron chi connectivity index (χ0n) is 18.0. The van der Waals surface area contributed by atoms with Gasteiger partial charge in [-0.2, -0.15) is 0 Å². The number of rotatable bonds is 9. The standard InChI is InChI=1S/C24H26N2O5S/c1-2-3-5-17-6-4-7-19-21(17)31-15-26(22(19)27)12-13-30-18-10-8-16(9-11-18)14-20-23(28)32-24(29)25-20/h4,6-11,20H,2-3,5,12-15H2,1H3,(H,25,29). The number of carbonyl (C=O) groups excluding carboxylic acids is 3. The lowest BCUT2D eigenvalue weighted by molar-refractivity contribution is -0.112. The maximum atomic E-state index is 12.9. The molecule has 1 atom stereocenters. The number of benzene rings is 2. The monoisotopic (exact) mass is 454 g/mol. The van der Waals surface area contributed by atoms with E-state index in [2.05, 4.69) is 12.2 Å². The van der Waals surface area contributed by atoms with Gasteiger partial charge in [0.2, 0.25) is 5.12 Å². The molecule has 168 valence electrons. The van der Waals surface area contributed by atoms with Crippen LogP contribution in [0.1, 0.15) is 41.3 Å². The van der Waals surface area contributed by atoms with Crippen molar-refractivity contribution >= 4 is 28.0 Å². The number of unbranched alkanes of at least 4 members (excludes halogenated alkanes) is 1. The van der Waals surface area contributed by atoms with Crippen LogP contribution in [0, 0.1) is 0 Å². The molecule has 1 N–H and O–H groups in total. The van der Waals surface area contributed by atoms with Crippen LogP contribution in [0.5, 0.6) is 11.5 Å². The SMILES string of the molecule is CCCCc1cccc2c1OCN(CCOc1ccc(CC3NC(=O)SC3=O)cc1)C2=O. The number of aryl methyl sites for hydroxylation is 1. The highest BCUT2D eigenvalue weighted by Gasteiger charge is 2.31. The number of amides is 2. The molecule has 1 unspecified atom stereocenters. The number of thioether (sulfide) groups is 1. The van der Waals surface area contributed by atoms with Gasteiger partial charge < -0.3 is 19.7 Å². The Morgan fingerprint density at radius 2 is 1.97 bits per heavy atom. The van der Waals surface area contributed by atoms with Gasteiger partial charge in [0.15, 0.2) is 6.73 Å². The molecule has 4 rings (SSSR count). The van der Waals surface area contributed by atoms with Crippen molar-refractivity contribution in [2.75, 3.05) is 19.9 Å².